The van der Waals surface area contributed by atoms with Gasteiger partial charge in [-0.3, -0.25) is 14.9 Å². The zero-order valence-corrected chi connectivity index (χ0v) is 19.0. The van der Waals surface area contributed by atoms with Crippen LogP contribution in [-0.4, -0.2) is 25.0 Å². The molecule has 0 saturated carbocycles. The van der Waals surface area contributed by atoms with Gasteiger partial charge < -0.3 is 4.74 Å². The van der Waals surface area contributed by atoms with Gasteiger partial charge in [-0.15, -0.1) is 0 Å². The number of anilines is 1. The molecule has 0 aliphatic carbocycles. The van der Waals surface area contributed by atoms with Crippen molar-refractivity contribution in [3.63, 3.8) is 0 Å². The van der Waals surface area contributed by atoms with Crippen LogP contribution in [0.15, 0.2) is 72.3 Å². The fourth-order valence-corrected chi connectivity index (χ4v) is 3.87. The third-order valence-corrected chi connectivity index (χ3v) is 5.78. The second-order valence-corrected chi connectivity index (χ2v) is 8.11. The third kappa shape index (κ3) is 4.77. The van der Waals surface area contributed by atoms with Gasteiger partial charge in [0.05, 0.1) is 12.8 Å². The molecule has 4 amide bonds. The molecular formula is C25H18Cl2N2O4. The summed E-state index contributed by atoms with van der Waals surface area (Å²) in [5.41, 5.74) is 2.39. The highest BCUT2D eigenvalue weighted by atomic mass is 35.5. The Labute approximate surface area is 200 Å². The van der Waals surface area contributed by atoms with Crippen LogP contribution in [0.2, 0.25) is 10.0 Å². The maximum Gasteiger partial charge on any atom is 0.335 e. The molecule has 3 aromatic carbocycles. The number of carbonyl (C=O) groups is 3. The molecule has 0 radical (unpaired) electrons. The maximum absolute atomic E-state index is 13.2. The van der Waals surface area contributed by atoms with Crippen LogP contribution in [0.3, 0.4) is 0 Å². The standard InChI is InChI=1S/C25H18Cl2N2O4/c1-33-20-10-8-19(9-11-20)29-24(31)21(23(30)28-25(29)32)14-17-13-18(26)7-6-15(17)12-16-4-2-3-5-22(16)27/h2-11,13-14H,12H2,1H3,(H,28,30,32)/b21-14+. The lowest BCUT2D eigenvalue weighted by molar-refractivity contribution is -0.122. The van der Waals surface area contributed by atoms with Gasteiger partial charge in [-0.1, -0.05) is 47.5 Å². The summed E-state index contributed by atoms with van der Waals surface area (Å²) in [5, 5.41) is 3.27. The summed E-state index contributed by atoms with van der Waals surface area (Å²) in [6.45, 7) is 0. The molecule has 6 nitrogen and oxygen atoms in total. The van der Waals surface area contributed by atoms with Crippen molar-refractivity contribution in [1.29, 1.82) is 0 Å². The molecule has 0 spiro atoms. The molecule has 1 heterocycles. The number of carbonyl (C=O) groups excluding carboxylic acids is 3. The summed E-state index contributed by atoms with van der Waals surface area (Å²) in [7, 11) is 1.51. The van der Waals surface area contributed by atoms with Gasteiger partial charge in [0, 0.05) is 10.0 Å². The molecule has 0 unspecified atom stereocenters. The zero-order chi connectivity index (χ0) is 23.5. The highest BCUT2D eigenvalue weighted by Crippen LogP contribution is 2.28. The molecule has 8 heteroatoms. The monoisotopic (exact) mass is 480 g/mol. The number of hydrogen-bond donors (Lipinski definition) is 1. The van der Waals surface area contributed by atoms with E-state index in [1.165, 1.54) is 13.2 Å². The molecule has 1 aliphatic heterocycles. The van der Waals surface area contributed by atoms with Crippen molar-refractivity contribution in [1.82, 2.24) is 5.32 Å². The predicted molar refractivity (Wildman–Crippen MR) is 128 cm³/mol. The van der Waals surface area contributed by atoms with Crippen LogP contribution >= 0.6 is 23.2 Å². The normalized spacial score (nSPS) is 15.1. The lowest BCUT2D eigenvalue weighted by atomic mass is 9.97. The van der Waals surface area contributed by atoms with Crippen LogP contribution in [0, 0.1) is 0 Å². The van der Waals surface area contributed by atoms with Crippen LogP contribution in [0.4, 0.5) is 10.5 Å². The van der Waals surface area contributed by atoms with E-state index in [1.807, 2.05) is 24.3 Å². The van der Waals surface area contributed by atoms with Crippen molar-refractivity contribution in [2.75, 3.05) is 12.0 Å². The molecule has 0 atom stereocenters. The summed E-state index contributed by atoms with van der Waals surface area (Å²) < 4.78 is 5.12. The Bertz CT molecular complexity index is 1290. The minimum atomic E-state index is -0.824. The van der Waals surface area contributed by atoms with Crippen molar-refractivity contribution in [3.8, 4) is 5.75 Å². The first-order valence-corrected chi connectivity index (χ1v) is 10.7. The van der Waals surface area contributed by atoms with Gasteiger partial charge >= 0.3 is 6.03 Å². The van der Waals surface area contributed by atoms with E-state index in [-0.39, 0.29) is 5.57 Å². The van der Waals surface area contributed by atoms with Gasteiger partial charge in [0.1, 0.15) is 11.3 Å². The molecule has 1 fully saturated rings. The number of rotatable bonds is 5. The molecule has 166 valence electrons. The van der Waals surface area contributed by atoms with Gasteiger partial charge in [0.25, 0.3) is 11.8 Å². The van der Waals surface area contributed by atoms with Gasteiger partial charge in [-0.25, -0.2) is 9.69 Å². The highest BCUT2D eigenvalue weighted by molar-refractivity contribution is 6.39. The highest BCUT2D eigenvalue weighted by Gasteiger charge is 2.37. The first-order chi connectivity index (χ1) is 15.9. The van der Waals surface area contributed by atoms with E-state index in [1.54, 1.807) is 42.5 Å². The largest absolute Gasteiger partial charge is 0.497 e. The van der Waals surface area contributed by atoms with Crippen LogP contribution in [-0.2, 0) is 16.0 Å². The first-order valence-electron chi connectivity index (χ1n) is 9.94. The van der Waals surface area contributed by atoms with Crippen molar-refractivity contribution in [2.24, 2.45) is 0 Å². The number of nitrogens with one attached hydrogen (secondary N) is 1. The average Bonchev–Trinajstić information content (AvgIpc) is 2.80. The topological polar surface area (TPSA) is 75.7 Å². The number of methoxy groups -OCH3 is 1. The summed E-state index contributed by atoms with van der Waals surface area (Å²) in [6, 6.07) is 18.2. The van der Waals surface area contributed by atoms with E-state index in [9.17, 15) is 14.4 Å². The number of barbiturate groups is 1. The van der Waals surface area contributed by atoms with E-state index < -0.39 is 17.8 Å². The van der Waals surface area contributed by atoms with Gasteiger partial charge in [0.15, 0.2) is 0 Å². The second-order valence-electron chi connectivity index (χ2n) is 7.27. The Morgan fingerprint density at radius 1 is 0.939 bits per heavy atom. The van der Waals surface area contributed by atoms with Gasteiger partial charge in [0.2, 0.25) is 0 Å². The van der Waals surface area contributed by atoms with Crippen LogP contribution in [0.5, 0.6) is 5.75 Å². The Morgan fingerprint density at radius 3 is 2.36 bits per heavy atom. The van der Waals surface area contributed by atoms with Gasteiger partial charge in [-0.2, -0.15) is 0 Å². The van der Waals surface area contributed by atoms with Gasteiger partial charge in [-0.05, 0) is 71.7 Å². The number of imide groups is 2. The quantitative estimate of drug-likeness (QED) is 0.399. The minimum Gasteiger partial charge on any atom is -0.497 e. The number of amides is 4. The van der Waals surface area contributed by atoms with E-state index in [2.05, 4.69) is 5.32 Å². The van der Waals surface area contributed by atoms with Crippen molar-refractivity contribution in [3.05, 3.63) is 99.0 Å². The number of nitrogens with zero attached hydrogens (tertiary/aromatic N) is 1. The number of hydrogen-bond acceptors (Lipinski definition) is 4. The van der Waals surface area contributed by atoms with E-state index in [0.717, 1.165) is 16.0 Å². The minimum absolute atomic E-state index is 0.187. The number of halogens is 2. The van der Waals surface area contributed by atoms with Crippen LogP contribution in [0.25, 0.3) is 6.08 Å². The summed E-state index contributed by atoms with van der Waals surface area (Å²) in [4.78, 5) is 39.1. The Hall–Kier alpha value is -3.61. The SMILES string of the molecule is COc1ccc(N2C(=O)NC(=O)/C(=C\c3cc(Cl)ccc3Cc3ccccc3Cl)C2=O)cc1. The van der Waals surface area contributed by atoms with Crippen molar-refractivity contribution >= 4 is 52.8 Å². The smallest absolute Gasteiger partial charge is 0.335 e. The summed E-state index contributed by atoms with van der Waals surface area (Å²) >= 11 is 12.5. The predicted octanol–water partition coefficient (Wildman–Crippen LogP) is 5.26. The van der Waals surface area contributed by atoms with Crippen molar-refractivity contribution < 1.29 is 19.1 Å². The molecule has 0 aromatic heterocycles. The lowest BCUT2D eigenvalue weighted by Crippen LogP contribution is -2.54. The van der Waals surface area contributed by atoms with Crippen LogP contribution < -0.4 is 15.0 Å². The fourth-order valence-electron chi connectivity index (χ4n) is 3.49. The molecular weight excluding hydrogens is 463 g/mol. The molecule has 1 aliphatic rings. The zero-order valence-electron chi connectivity index (χ0n) is 17.5. The van der Waals surface area contributed by atoms with Crippen molar-refractivity contribution in [2.45, 2.75) is 6.42 Å². The average molecular weight is 481 g/mol. The summed E-state index contributed by atoms with van der Waals surface area (Å²) in [5.74, 6) is -0.949. The summed E-state index contributed by atoms with van der Waals surface area (Å²) in [6.07, 6.45) is 1.91. The molecule has 1 N–H and O–H groups in total. The number of urea groups is 1. The first kappa shape index (κ1) is 22.6. The molecule has 33 heavy (non-hydrogen) atoms. The molecule has 4 rings (SSSR count). The molecule has 0 bridgehead atoms. The third-order valence-electron chi connectivity index (χ3n) is 5.18. The van der Waals surface area contributed by atoms with E-state index in [4.69, 9.17) is 27.9 Å². The number of ether oxygens (including phenoxy) is 1. The second kappa shape index (κ2) is 9.48. The molecule has 1 saturated heterocycles. The Kier molecular flexibility index (Phi) is 6.49. The maximum atomic E-state index is 13.2. The number of benzene rings is 3. The van der Waals surface area contributed by atoms with E-state index in [0.29, 0.717) is 33.5 Å². The van der Waals surface area contributed by atoms with E-state index >= 15 is 0 Å². The van der Waals surface area contributed by atoms with Crippen LogP contribution in [0.1, 0.15) is 16.7 Å². The Morgan fingerprint density at radius 2 is 1.67 bits per heavy atom. The lowest BCUT2D eigenvalue weighted by Gasteiger charge is -2.26. The fraction of sp³-hybridized carbons (Fsp3) is 0.0800. The Balaban J connectivity index is 1.73. The molecule has 3 aromatic rings.